The summed E-state index contributed by atoms with van der Waals surface area (Å²) in [7, 11) is 1.67. The number of hydrogen-bond donors (Lipinski definition) is 0. The van der Waals surface area contributed by atoms with Gasteiger partial charge in [0.05, 0.1) is 32.3 Å². The van der Waals surface area contributed by atoms with Gasteiger partial charge in [-0.15, -0.1) is 0 Å². The molecule has 126 valence electrons. The third-order valence-corrected chi connectivity index (χ3v) is 5.26. The van der Waals surface area contributed by atoms with Gasteiger partial charge in [0.15, 0.2) is 0 Å². The Bertz CT molecular complexity index is 522. The van der Waals surface area contributed by atoms with Crippen LogP contribution in [-0.2, 0) is 9.53 Å². The normalized spacial score (nSPS) is 23.7. The molecule has 1 saturated heterocycles. The summed E-state index contributed by atoms with van der Waals surface area (Å²) < 4.78 is 10.7. The molecule has 23 heavy (non-hydrogen) atoms. The van der Waals surface area contributed by atoms with Crippen LogP contribution in [0.1, 0.15) is 44.1 Å². The predicted molar refractivity (Wildman–Crippen MR) is 89.7 cm³/mol. The number of ether oxygens (including phenoxy) is 2. The molecule has 1 aromatic rings. The molecule has 4 heteroatoms. The van der Waals surface area contributed by atoms with Crippen molar-refractivity contribution in [1.82, 2.24) is 4.90 Å². The second kappa shape index (κ2) is 7.35. The molecule has 3 rings (SSSR count). The lowest BCUT2D eigenvalue weighted by Crippen LogP contribution is -2.49. The topological polar surface area (TPSA) is 38.8 Å². The average Bonchev–Trinajstić information content (AvgIpc) is 3.10. The van der Waals surface area contributed by atoms with Gasteiger partial charge in [-0.1, -0.05) is 25.0 Å². The van der Waals surface area contributed by atoms with E-state index < -0.39 is 0 Å². The first-order chi connectivity index (χ1) is 11.2. The van der Waals surface area contributed by atoms with E-state index in [1.807, 2.05) is 17.0 Å². The summed E-state index contributed by atoms with van der Waals surface area (Å²) in [5, 5.41) is 0. The molecule has 1 aromatic carbocycles. The number of carbonyl (C=O) groups is 1. The molecule has 2 unspecified atom stereocenters. The summed E-state index contributed by atoms with van der Waals surface area (Å²) >= 11 is 0. The van der Waals surface area contributed by atoms with Gasteiger partial charge in [-0.3, -0.25) is 4.79 Å². The first-order valence-electron chi connectivity index (χ1n) is 8.73. The molecule has 0 radical (unpaired) electrons. The van der Waals surface area contributed by atoms with Crippen molar-refractivity contribution < 1.29 is 14.3 Å². The van der Waals surface area contributed by atoms with Crippen LogP contribution in [0, 0.1) is 5.92 Å². The van der Waals surface area contributed by atoms with Crippen LogP contribution in [0.5, 0.6) is 5.75 Å². The molecule has 0 bridgehead atoms. The molecule has 1 aliphatic heterocycles. The average molecular weight is 317 g/mol. The first kappa shape index (κ1) is 16.3. The van der Waals surface area contributed by atoms with Gasteiger partial charge in [-0.05, 0) is 43.4 Å². The third kappa shape index (κ3) is 3.52. The molecule has 1 amide bonds. The number of hydrogen-bond acceptors (Lipinski definition) is 3. The fourth-order valence-electron chi connectivity index (χ4n) is 3.95. The maximum absolute atomic E-state index is 13.3. The Kier molecular flexibility index (Phi) is 5.21. The predicted octanol–water partition coefficient (Wildman–Crippen LogP) is 3.22. The van der Waals surface area contributed by atoms with E-state index in [1.165, 1.54) is 12.8 Å². The van der Waals surface area contributed by atoms with Crippen molar-refractivity contribution in [2.24, 2.45) is 5.92 Å². The van der Waals surface area contributed by atoms with Gasteiger partial charge in [0.2, 0.25) is 5.91 Å². The van der Waals surface area contributed by atoms with Gasteiger partial charge in [0.1, 0.15) is 5.75 Å². The summed E-state index contributed by atoms with van der Waals surface area (Å²) in [6, 6.07) is 8.22. The van der Waals surface area contributed by atoms with Crippen molar-refractivity contribution >= 4 is 5.91 Å². The van der Waals surface area contributed by atoms with Gasteiger partial charge >= 0.3 is 0 Å². The van der Waals surface area contributed by atoms with Crippen molar-refractivity contribution in [2.45, 2.75) is 44.6 Å². The fourth-order valence-corrected chi connectivity index (χ4v) is 3.95. The standard InChI is InChI=1S/C19H27NO3/c1-14-13-23-12-11-20(14)19(21)18(15-5-3-4-6-15)16-7-9-17(22-2)10-8-16/h7-10,14-15,18H,3-6,11-13H2,1-2H3. The highest BCUT2D eigenvalue weighted by Gasteiger charge is 2.36. The lowest BCUT2D eigenvalue weighted by molar-refractivity contribution is -0.142. The van der Waals surface area contributed by atoms with Gasteiger partial charge in [0, 0.05) is 6.54 Å². The Hall–Kier alpha value is -1.55. The SMILES string of the molecule is COc1ccc(C(C(=O)N2CCOCC2C)C2CCCC2)cc1. The monoisotopic (exact) mass is 317 g/mol. The van der Waals surface area contributed by atoms with Crippen LogP contribution < -0.4 is 4.74 Å². The second-order valence-electron chi connectivity index (χ2n) is 6.75. The van der Waals surface area contributed by atoms with E-state index in [4.69, 9.17) is 9.47 Å². The van der Waals surface area contributed by atoms with Crippen molar-refractivity contribution in [3.05, 3.63) is 29.8 Å². The molecule has 4 nitrogen and oxygen atoms in total. The Morgan fingerprint density at radius 3 is 2.57 bits per heavy atom. The quantitative estimate of drug-likeness (QED) is 0.856. The summed E-state index contributed by atoms with van der Waals surface area (Å²) in [4.78, 5) is 15.3. The zero-order valence-corrected chi connectivity index (χ0v) is 14.2. The van der Waals surface area contributed by atoms with Gasteiger partial charge in [-0.2, -0.15) is 0 Å². The van der Waals surface area contributed by atoms with Crippen LogP contribution in [-0.4, -0.2) is 43.7 Å². The summed E-state index contributed by atoms with van der Waals surface area (Å²) in [6.07, 6.45) is 4.79. The van der Waals surface area contributed by atoms with E-state index in [1.54, 1.807) is 7.11 Å². The lowest BCUT2D eigenvalue weighted by Gasteiger charge is -2.37. The smallest absolute Gasteiger partial charge is 0.230 e. The molecular formula is C19H27NO3. The van der Waals surface area contributed by atoms with Crippen molar-refractivity contribution in [3.63, 3.8) is 0 Å². The Labute approximate surface area is 138 Å². The molecule has 0 N–H and O–H groups in total. The van der Waals surface area contributed by atoms with E-state index in [0.717, 1.165) is 24.2 Å². The number of carbonyl (C=O) groups excluding carboxylic acids is 1. The molecular weight excluding hydrogens is 290 g/mol. The molecule has 1 aliphatic carbocycles. The van der Waals surface area contributed by atoms with Crippen molar-refractivity contribution in [3.8, 4) is 5.75 Å². The third-order valence-electron chi connectivity index (χ3n) is 5.26. The maximum Gasteiger partial charge on any atom is 0.230 e. The number of nitrogens with zero attached hydrogens (tertiary/aromatic N) is 1. The lowest BCUT2D eigenvalue weighted by atomic mass is 9.83. The van der Waals surface area contributed by atoms with Gasteiger partial charge < -0.3 is 14.4 Å². The number of benzene rings is 1. The van der Waals surface area contributed by atoms with E-state index >= 15 is 0 Å². The van der Waals surface area contributed by atoms with E-state index in [-0.39, 0.29) is 17.9 Å². The second-order valence-corrected chi connectivity index (χ2v) is 6.75. The molecule has 1 saturated carbocycles. The van der Waals surface area contributed by atoms with Crippen LogP contribution in [0.25, 0.3) is 0 Å². The maximum atomic E-state index is 13.3. The molecule has 0 aromatic heterocycles. The number of methoxy groups -OCH3 is 1. The zero-order chi connectivity index (χ0) is 16.2. The van der Waals surface area contributed by atoms with Crippen molar-refractivity contribution in [1.29, 1.82) is 0 Å². The minimum absolute atomic E-state index is 0.0241. The van der Waals surface area contributed by atoms with Crippen LogP contribution in [0.2, 0.25) is 0 Å². The summed E-state index contributed by atoms with van der Waals surface area (Å²) in [6.45, 7) is 4.08. The van der Waals surface area contributed by atoms with E-state index in [0.29, 0.717) is 25.7 Å². The Balaban J connectivity index is 1.86. The Morgan fingerprint density at radius 1 is 1.26 bits per heavy atom. The highest BCUT2D eigenvalue weighted by molar-refractivity contribution is 5.84. The van der Waals surface area contributed by atoms with Crippen LogP contribution in [0.3, 0.4) is 0 Å². The van der Waals surface area contributed by atoms with E-state index in [2.05, 4.69) is 19.1 Å². The summed E-state index contributed by atoms with van der Waals surface area (Å²) in [5.74, 6) is 1.55. The van der Waals surface area contributed by atoms with Crippen LogP contribution in [0.4, 0.5) is 0 Å². The zero-order valence-electron chi connectivity index (χ0n) is 14.2. The number of rotatable bonds is 4. The van der Waals surface area contributed by atoms with Gasteiger partial charge in [0.25, 0.3) is 0 Å². The molecule has 2 aliphatic rings. The highest BCUT2D eigenvalue weighted by atomic mass is 16.5. The number of amides is 1. The number of morpholine rings is 1. The Morgan fingerprint density at radius 2 is 1.96 bits per heavy atom. The highest BCUT2D eigenvalue weighted by Crippen LogP contribution is 2.39. The molecule has 2 atom stereocenters. The van der Waals surface area contributed by atoms with E-state index in [9.17, 15) is 4.79 Å². The molecule has 2 fully saturated rings. The van der Waals surface area contributed by atoms with Crippen LogP contribution in [0.15, 0.2) is 24.3 Å². The molecule has 1 heterocycles. The largest absolute Gasteiger partial charge is 0.497 e. The molecule has 0 spiro atoms. The fraction of sp³-hybridized carbons (Fsp3) is 0.632. The summed E-state index contributed by atoms with van der Waals surface area (Å²) in [5.41, 5.74) is 1.13. The minimum Gasteiger partial charge on any atom is -0.497 e. The van der Waals surface area contributed by atoms with Gasteiger partial charge in [-0.25, -0.2) is 0 Å². The first-order valence-corrected chi connectivity index (χ1v) is 8.73. The minimum atomic E-state index is -0.0241. The van der Waals surface area contributed by atoms with Crippen LogP contribution >= 0.6 is 0 Å². The van der Waals surface area contributed by atoms with Crippen molar-refractivity contribution in [2.75, 3.05) is 26.9 Å².